The molecule has 2 fully saturated rings. The van der Waals surface area contributed by atoms with Gasteiger partial charge in [0, 0.05) is 23.6 Å². The lowest BCUT2D eigenvalue weighted by molar-refractivity contribution is -0.274. The Bertz CT molecular complexity index is 549. The van der Waals surface area contributed by atoms with Crippen LogP contribution in [0.15, 0.2) is 24.3 Å². The summed E-state index contributed by atoms with van der Waals surface area (Å²) in [6, 6.07) is 5.42. The Labute approximate surface area is 127 Å². The number of anilines is 1. The van der Waals surface area contributed by atoms with Crippen molar-refractivity contribution < 1.29 is 22.7 Å². The molecule has 0 spiro atoms. The topological polar surface area (TPSA) is 32.8 Å². The molecule has 2 heterocycles. The smallest absolute Gasteiger partial charge is 0.406 e. The summed E-state index contributed by atoms with van der Waals surface area (Å²) >= 11 is 3.50. The highest BCUT2D eigenvalue weighted by molar-refractivity contribution is 9.09. The second kappa shape index (κ2) is 5.08. The highest BCUT2D eigenvalue weighted by atomic mass is 79.9. The second-order valence-electron chi connectivity index (χ2n) is 5.07. The van der Waals surface area contributed by atoms with Gasteiger partial charge in [-0.15, -0.1) is 13.2 Å². The van der Waals surface area contributed by atoms with Crippen LogP contribution >= 0.6 is 15.9 Å². The maximum atomic E-state index is 12.3. The number of ether oxygens (including phenoxy) is 1. The molecule has 0 unspecified atom stereocenters. The molecule has 0 N–H and O–H groups in total. The molecule has 0 radical (unpaired) electrons. The van der Waals surface area contributed by atoms with Gasteiger partial charge in [-0.3, -0.25) is 4.90 Å². The number of hydrogen-bond donors (Lipinski definition) is 0. The van der Waals surface area contributed by atoms with E-state index in [1.165, 1.54) is 24.3 Å². The van der Waals surface area contributed by atoms with Crippen LogP contribution in [0.1, 0.15) is 6.42 Å². The van der Waals surface area contributed by atoms with Crippen LogP contribution in [0.4, 0.5) is 23.7 Å². The average Bonchev–Trinajstić information content (AvgIpc) is 2.87. The van der Waals surface area contributed by atoms with E-state index in [2.05, 4.69) is 20.7 Å². The van der Waals surface area contributed by atoms with Crippen LogP contribution in [-0.4, -0.2) is 41.3 Å². The Morgan fingerprint density at radius 2 is 1.86 bits per heavy atom. The van der Waals surface area contributed by atoms with Crippen LogP contribution < -0.4 is 9.64 Å². The van der Waals surface area contributed by atoms with Crippen LogP contribution in [0.5, 0.6) is 5.75 Å². The zero-order chi connectivity index (χ0) is 15.2. The minimum Gasteiger partial charge on any atom is -0.406 e. The van der Waals surface area contributed by atoms with Crippen molar-refractivity contribution >= 4 is 27.6 Å². The van der Waals surface area contributed by atoms with Crippen molar-refractivity contribution in [3.05, 3.63) is 24.3 Å². The molecule has 3 rings (SSSR count). The highest BCUT2D eigenvalue weighted by Gasteiger charge is 2.43. The molecule has 1 aromatic carbocycles. The molecule has 8 heteroatoms. The van der Waals surface area contributed by atoms with Crippen molar-refractivity contribution in [3.8, 4) is 5.75 Å². The lowest BCUT2D eigenvalue weighted by atomic mass is 10.2. The molecule has 2 atom stereocenters. The summed E-state index contributed by atoms with van der Waals surface area (Å²) in [5.74, 6) is -0.293. The van der Waals surface area contributed by atoms with Crippen molar-refractivity contribution in [1.29, 1.82) is 0 Å². The number of amides is 2. The second-order valence-corrected chi connectivity index (χ2v) is 6.37. The third-order valence-electron chi connectivity index (χ3n) is 3.62. The minimum absolute atomic E-state index is 0.105. The summed E-state index contributed by atoms with van der Waals surface area (Å²) in [7, 11) is 0. The van der Waals surface area contributed by atoms with E-state index < -0.39 is 6.36 Å². The predicted molar refractivity (Wildman–Crippen MR) is 73.7 cm³/mol. The van der Waals surface area contributed by atoms with Gasteiger partial charge in [-0.25, -0.2) is 4.79 Å². The molecule has 21 heavy (non-hydrogen) atoms. The van der Waals surface area contributed by atoms with Gasteiger partial charge < -0.3 is 9.64 Å². The first-order valence-corrected chi connectivity index (χ1v) is 7.33. The maximum absolute atomic E-state index is 12.3. The number of halogens is 4. The van der Waals surface area contributed by atoms with E-state index in [-0.39, 0.29) is 17.8 Å². The third kappa shape index (κ3) is 2.95. The number of alkyl halides is 4. The molecule has 114 valence electrons. The lowest BCUT2D eigenvalue weighted by Crippen LogP contribution is -2.32. The summed E-state index contributed by atoms with van der Waals surface area (Å²) in [5, 5.41) is 0. The fraction of sp³-hybridized carbons (Fsp3) is 0.462. The van der Waals surface area contributed by atoms with E-state index in [1.54, 1.807) is 9.80 Å². The highest BCUT2D eigenvalue weighted by Crippen LogP contribution is 2.33. The van der Waals surface area contributed by atoms with Crippen molar-refractivity contribution in [2.75, 3.05) is 18.0 Å². The standard InChI is InChI=1S/C13H12BrF3N2O2/c14-8-5-10-7-19(12(20)18(10)6-8)9-1-3-11(4-2-9)21-13(15,16)17/h1-4,8,10H,5-7H2/t8-,10+/m1/s1. The van der Waals surface area contributed by atoms with Gasteiger partial charge in [0.2, 0.25) is 0 Å². The van der Waals surface area contributed by atoms with Gasteiger partial charge in [-0.2, -0.15) is 0 Å². The molecule has 2 aliphatic heterocycles. The number of carbonyl (C=O) groups excluding carboxylic acids is 1. The molecule has 2 saturated heterocycles. The molecule has 0 saturated carbocycles. The molecule has 2 amide bonds. The lowest BCUT2D eigenvalue weighted by Gasteiger charge is -2.18. The normalized spacial score (nSPS) is 25.4. The summed E-state index contributed by atoms with van der Waals surface area (Å²) in [6.45, 7) is 1.22. The van der Waals surface area contributed by atoms with E-state index in [9.17, 15) is 18.0 Å². The number of carbonyl (C=O) groups is 1. The molecule has 0 aliphatic carbocycles. The molecule has 2 aliphatic rings. The summed E-state index contributed by atoms with van der Waals surface area (Å²) in [6.07, 6.45) is -3.82. The van der Waals surface area contributed by atoms with Gasteiger partial charge in [0.25, 0.3) is 0 Å². The first kappa shape index (κ1) is 14.5. The van der Waals surface area contributed by atoms with Crippen molar-refractivity contribution in [1.82, 2.24) is 4.90 Å². The van der Waals surface area contributed by atoms with Crippen molar-refractivity contribution in [2.24, 2.45) is 0 Å². The Morgan fingerprint density at radius 1 is 1.19 bits per heavy atom. The average molecular weight is 365 g/mol. The quantitative estimate of drug-likeness (QED) is 0.753. The zero-order valence-corrected chi connectivity index (χ0v) is 12.4. The Morgan fingerprint density at radius 3 is 2.43 bits per heavy atom. The Balaban J connectivity index is 1.72. The van der Waals surface area contributed by atoms with Gasteiger partial charge in [-0.05, 0) is 30.7 Å². The third-order valence-corrected chi connectivity index (χ3v) is 4.28. The number of urea groups is 1. The first-order valence-electron chi connectivity index (χ1n) is 6.41. The van der Waals surface area contributed by atoms with Gasteiger partial charge >= 0.3 is 12.4 Å². The Kier molecular flexibility index (Phi) is 3.51. The molecular weight excluding hydrogens is 353 g/mol. The predicted octanol–water partition coefficient (Wildman–Crippen LogP) is 3.36. The van der Waals surface area contributed by atoms with Crippen LogP contribution in [0, 0.1) is 0 Å². The number of nitrogens with zero attached hydrogens (tertiary/aromatic N) is 2. The number of benzene rings is 1. The largest absolute Gasteiger partial charge is 0.573 e. The van der Waals surface area contributed by atoms with Crippen LogP contribution in [0.2, 0.25) is 0 Å². The van der Waals surface area contributed by atoms with E-state index in [0.29, 0.717) is 23.6 Å². The summed E-state index contributed by atoms with van der Waals surface area (Å²) in [4.78, 5) is 16.0. The fourth-order valence-electron chi connectivity index (χ4n) is 2.75. The van der Waals surface area contributed by atoms with E-state index in [1.807, 2.05) is 0 Å². The molecular formula is C13H12BrF3N2O2. The summed E-state index contributed by atoms with van der Waals surface area (Å²) in [5.41, 5.74) is 0.579. The van der Waals surface area contributed by atoms with Crippen molar-refractivity contribution in [3.63, 3.8) is 0 Å². The van der Waals surface area contributed by atoms with Crippen LogP contribution in [-0.2, 0) is 0 Å². The van der Waals surface area contributed by atoms with Gasteiger partial charge in [-0.1, -0.05) is 15.9 Å². The maximum Gasteiger partial charge on any atom is 0.573 e. The summed E-state index contributed by atoms with van der Waals surface area (Å²) < 4.78 is 40.1. The Hall–Kier alpha value is -1.44. The zero-order valence-electron chi connectivity index (χ0n) is 10.8. The SMILES string of the molecule is O=C1N(c2ccc(OC(F)(F)F)cc2)C[C@@H]2C[C@@H](Br)CN12. The number of rotatable bonds is 2. The first-order chi connectivity index (χ1) is 9.83. The molecule has 0 aromatic heterocycles. The van der Waals surface area contributed by atoms with Gasteiger partial charge in [0.1, 0.15) is 5.75 Å². The van der Waals surface area contributed by atoms with E-state index in [0.717, 1.165) is 6.42 Å². The van der Waals surface area contributed by atoms with E-state index in [4.69, 9.17) is 0 Å². The minimum atomic E-state index is -4.71. The van der Waals surface area contributed by atoms with Crippen LogP contribution in [0.3, 0.4) is 0 Å². The van der Waals surface area contributed by atoms with Gasteiger partial charge in [0.05, 0.1) is 6.04 Å². The molecule has 4 nitrogen and oxygen atoms in total. The molecule has 1 aromatic rings. The molecule has 0 bridgehead atoms. The number of hydrogen-bond acceptors (Lipinski definition) is 2. The van der Waals surface area contributed by atoms with Gasteiger partial charge in [0.15, 0.2) is 0 Å². The van der Waals surface area contributed by atoms with Crippen LogP contribution in [0.25, 0.3) is 0 Å². The van der Waals surface area contributed by atoms with E-state index >= 15 is 0 Å². The monoisotopic (exact) mass is 364 g/mol. The number of fused-ring (bicyclic) bond motifs is 1. The fourth-order valence-corrected chi connectivity index (χ4v) is 3.50. The van der Waals surface area contributed by atoms with Crippen molar-refractivity contribution in [2.45, 2.75) is 23.7 Å².